The predicted octanol–water partition coefficient (Wildman–Crippen LogP) is 4.40. The number of ether oxygens (including phenoxy) is 2. The highest BCUT2D eigenvalue weighted by molar-refractivity contribution is 5.71. The summed E-state index contributed by atoms with van der Waals surface area (Å²) in [7, 11) is 0. The molecule has 162 valence electrons. The topological polar surface area (TPSA) is 81.9 Å². The first-order valence-electron chi connectivity index (χ1n) is 8.67. The number of nitrogens with zero attached hydrogens (tertiary/aromatic N) is 2. The SMILES string of the molecule is C=C(C)CN(CCCC(F)(F)F)c1cc(F)c(OCC(=O)OCC)cc1[N+](=O)[O-]. The van der Waals surface area contributed by atoms with Crippen LogP contribution in [-0.2, 0) is 9.53 Å². The number of carbonyl (C=O) groups is 1. The first-order valence-corrected chi connectivity index (χ1v) is 8.67. The number of benzene rings is 1. The van der Waals surface area contributed by atoms with E-state index in [1.54, 1.807) is 13.8 Å². The van der Waals surface area contributed by atoms with E-state index in [0.717, 1.165) is 12.1 Å². The number of rotatable bonds is 11. The molecule has 0 heterocycles. The summed E-state index contributed by atoms with van der Waals surface area (Å²) in [5.74, 6) is -2.33. The Bertz CT molecular complexity index is 753. The number of nitro benzene ring substituents is 1. The second kappa shape index (κ2) is 10.6. The maximum Gasteiger partial charge on any atom is 0.389 e. The van der Waals surface area contributed by atoms with Crippen LogP contribution in [0.15, 0.2) is 24.3 Å². The number of hydrogen-bond acceptors (Lipinski definition) is 6. The van der Waals surface area contributed by atoms with Crippen molar-refractivity contribution in [3.8, 4) is 5.75 Å². The van der Waals surface area contributed by atoms with E-state index >= 15 is 0 Å². The second-order valence-electron chi connectivity index (χ2n) is 6.22. The number of nitro groups is 1. The molecule has 29 heavy (non-hydrogen) atoms. The van der Waals surface area contributed by atoms with Gasteiger partial charge in [0.15, 0.2) is 18.2 Å². The van der Waals surface area contributed by atoms with Crippen molar-refractivity contribution in [1.29, 1.82) is 0 Å². The lowest BCUT2D eigenvalue weighted by Crippen LogP contribution is -2.28. The number of alkyl halides is 3. The first kappa shape index (κ1) is 24.2. The summed E-state index contributed by atoms with van der Waals surface area (Å²) in [5.41, 5.74) is -0.256. The van der Waals surface area contributed by atoms with Crippen molar-refractivity contribution < 1.29 is 36.8 Å². The molecule has 1 aromatic rings. The molecule has 0 spiro atoms. The smallest absolute Gasteiger partial charge is 0.389 e. The molecule has 7 nitrogen and oxygen atoms in total. The third-order valence-corrected chi connectivity index (χ3v) is 3.57. The van der Waals surface area contributed by atoms with Crippen LogP contribution in [0, 0.1) is 15.9 Å². The monoisotopic (exact) mass is 422 g/mol. The van der Waals surface area contributed by atoms with Gasteiger partial charge < -0.3 is 14.4 Å². The van der Waals surface area contributed by atoms with E-state index in [4.69, 9.17) is 4.74 Å². The van der Waals surface area contributed by atoms with Crippen LogP contribution in [0.25, 0.3) is 0 Å². The van der Waals surface area contributed by atoms with Crippen LogP contribution in [0.1, 0.15) is 26.7 Å². The lowest BCUT2D eigenvalue weighted by atomic mass is 10.1. The average molecular weight is 422 g/mol. The number of hydrogen-bond donors (Lipinski definition) is 0. The highest BCUT2D eigenvalue weighted by atomic mass is 19.4. The van der Waals surface area contributed by atoms with Crippen LogP contribution in [0.3, 0.4) is 0 Å². The van der Waals surface area contributed by atoms with E-state index in [0.29, 0.717) is 5.57 Å². The molecule has 11 heteroatoms. The van der Waals surface area contributed by atoms with Crippen molar-refractivity contribution in [2.75, 3.05) is 31.2 Å². The van der Waals surface area contributed by atoms with Crippen LogP contribution >= 0.6 is 0 Å². The molecular formula is C18H22F4N2O5. The van der Waals surface area contributed by atoms with E-state index in [1.807, 2.05) is 0 Å². The van der Waals surface area contributed by atoms with Crippen molar-refractivity contribution in [3.05, 3.63) is 40.2 Å². The van der Waals surface area contributed by atoms with E-state index < -0.39 is 47.4 Å². The normalized spacial score (nSPS) is 11.1. The van der Waals surface area contributed by atoms with Gasteiger partial charge >= 0.3 is 12.1 Å². The molecular weight excluding hydrogens is 400 g/mol. The third-order valence-electron chi connectivity index (χ3n) is 3.57. The zero-order valence-electron chi connectivity index (χ0n) is 16.1. The zero-order chi connectivity index (χ0) is 22.2. The fourth-order valence-corrected chi connectivity index (χ4v) is 2.46. The number of carbonyl (C=O) groups excluding carboxylic acids is 1. The molecule has 0 bridgehead atoms. The molecule has 0 unspecified atom stereocenters. The fourth-order valence-electron chi connectivity index (χ4n) is 2.46. The van der Waals surface area contributed by atoms with Crippen molar-refractivity contribution in [3.63, 3.8) is 0 Å². The Morgan fingerprint density at radius 1 is 1.34 bits per heavy atom. The second-order valence-corrected chi connectivity index (χ2v) is 6.22. The Hall–Kier alpha value is -2.85. The molecule has 0 aliphatic heterocycles. The number of halogens is 4. The van der Waals surface area contributed by atoms with Gasteiger partial charge in [-0.2, -0.15) is 13.2 Å². The summed E-state index contributed by atoms with van der Waals surface area (Å²) >= 11 is 0. The minimum atomic E-state index is -4.38. The fraction of sp³-hybridized carbons (Fsp3) is 0.500. The molecule has 1 rings (SSSR count). The minimum Gasteiger partial charge on any atom is -0.479 e. The van der Waals surface area contributed by atoms with E-state index in [1.165, 1.54) is 4.90 Å². The zero-order valence-corrected chi connectivity index (χ0v) is 16.1. The molecule has 0 saturated carbocycles. The standard InChI is InChI=1S/C18H22F4N2O5/c1-4-28-17(25)11-29-16-9-15(24(26)27)14(8-13(16)19)23(10-12(2)3)7-5-6-18(20,21)22/h8-9H,2,4-7,10-11H2,1,3H3. The third kappa shape index (κ3) is 8.36. The molecule has 0 aromatic heterocycles. The Morgan fingerprint density at radius 2 is 2.00 bits per heavy atom. The van der Waals surface area contributed by atoms with Crippen LogP contribution in [0.5, 0.6) is 5.75 Å². The number of anilines is 1. The van der Waals surface area contributed by atoms with Crippen LogP contribution in [0.2, 0.25) is 0 Å². The maximum absolute atomic E-state index is 14.4. The van der Waals surface area contributed by atoms with Gasteiger partial charge in [-0.1, -0.05) is 12.2 Å². The summed E-state index contributed by atoms with van der Waals surface area (Å²) in [6.45, 7) is 6.04. The summed E-state index contributed by atoms with van der Waals surface area (Å²) in [5, 5.41) is 11.5. The van der Waals surface area contributed by atoms with Gasteiger partial charge in [-0.05, 0) is 20.3 Å². The Labute approximate surface area is 165 Å². The Kier molecular flexibility index (Phi) is 8.86. The highest BCUT2D eigenvalue weighted by Crippen LogP contribution is 2.35. The van der Waals surface area contributed by atoms with Gasteiger partial charge in [-0.15, -0.1) is 0 Å². The maximum atomic E-state index is 14.4. The van der Waals surface area contributed by atoms with E-state index in [-0.39, 0.29) is 31.8 Å². The molecule has 1 aromatic carbocycles. The minimum absolute atomic E-state index is 0.00116. The summed E-state index contributed by atoms with van der Waals surface area (Å²) in [6.07, 6.45) is -5.80. The van der Waals surface area contributed by atoms with Crippen LogP contribution in [0.4, 0.5) is 28.9 Å². The molecule has 0 radical (unpaired) electrons. The molecule has 0 atom stereocenters. The van der Waals surface area contributed by atoms with Gasteiger partial charge in [-0.25, -0.2) is 9.18 Å². The van der Waals surface area contributed by atoms with Crippen LogP contribution < -0.4 is 9.64 Å². The van der Waals surface area contributed by atoms with E-state index in [9.17, 15) is 32.5 Å². The van der Waals surface area contributed by atoms with Crippen molar-refractivity contribution >= 4 is 17.3 Å². The average Bonchev–Trinajstić information content (AvgIpc) is 2.58. The van der Waals surface area contributed by atoms with Gasteiger partial charge in [-0.3, -0.25) is 10.1 Å². The molecule has 0 fully saturated rings. The molecule has 0 aliphatic carbocycles. The molecule has 0 amide bonds. The van der Waals surface area contributed by atoms with Gasteiger partial charge in [0.25, 0.3) is 5.69 Å². The first-order chi connectivity index (χ1) is 13.4. The lowest BCUT2D eigenvalue weighted by Gasteiger charge is -2.25. The van der Waals surface area contributed by atoms with Gasteiger partial charge in [0.05, 0.1) is 17.6 Å². The van der Waals surface area contributed by atoms with Crippen LogP contribution in [-0.4, -0.2) is 43.4 Å². The largest absolute Gasteiger partial charge is 0.479 e. The predicted molar refractivity (Wildman–Crippen MR) is 97.5 cm³/mol. The van der Waals surface area contributed by atoms with Crippen molar-refractivity contribution in [1.82, 2.24) is 0 Å². The van der Waals surface area contributed by atoms with Gasteiger partial charge in [0.1, 0.15) is 5.69 Å². The molecule has 0 saturated heterocycles. The van der Waals surface area contributed by atoms with E-state index in [2.05, 4.69) is 11.3 Å². The summed E-state index contributed by atoms with van der Waals surface area (Å²) in [6, 6.07) is 1.59. The number of esters is 1. The Balaban J connectivity index is 3.16. The molecule has 0 aliphatic rings. The lowest BCUT2D eigenvalue weighted by molar-refractivity contribution is -0.384. The van der Waals surface area contributed by atoms with Crippen molar-refractivity contribution in [2.24, 2.45) is 0 Å². The quantitative estimate of drug-likeness (QED) is 0.173. The molecule has 0 N–H and O–H groups in total. The highest BCUT2D eigenvalue weighted by Gasteiger charge is 2.28. The summed E-state index contributed by atoms with van der Waals surface area (Å²) in [4.78, 5) is 23.2. The Morgan fingerprint density at radius 3 is 2.52 bits per heavy atom. The van der Waals surface area contributed by atoms with Gasteiger partial charge in [0.2, 0.25) is 0 Å². The van der Waals surface area contributed by atoms with Crippen molar-refractivity contribution in [2.45, 2.75) is 32.9 Å². The van der Waals surface area contributed by atoms with Gasteiger partial charge in [0, 0.05) is 25.6 Å². The summed E-state index contributed by atoms with van der Waals surface area (Å²) < 4.78 is 61.3.